The van der Waals surface area contributed by atoms with E-state index in [1.54, 1.807) is 0 Å². The Morgan fingerprint density at radius 2 is 2.07 bits per heavy atom. The van der Waals surface area contributed by atoms with Crippen LogP contribution in [-0.4, -0.2) is 42.6 Å². The van der Waals surface area contributed by atoms with Gasteiger partial charge in [0, 0.05) is 37.5 Å². The molecule has 0 bridgehead atoms. The lowest BCUT2D eigenvalue weighted by Gasteiger charge is -2.23. The first-order chi connectivity index (χ1) is 14.2. The fourth-order valence-corrected chi connectivity index (χ4v) is 5.47. The van der Waals surface area contributed by atoms with E-state index in [2.05, 4.69) is 54.5 Å². The second kappa shape index (κ2) is 11.4. The smallest absolute Gasteiger partial charge is 0.194 e. The maximum absolute atomic E-state index is 6.03. The molecule has 1 fully saturated rings. The van der Waals surface area contributed by atoms with E-state index in [9.17, 15) is 0 Å². The Bertz CT molecular complexity index is 802. The van der Waals surface area contributed by atoms with Crippen LogP contribution in [0.2, 0.25) is 0 Å². The van der Waals surface area contributed by atoms with Gasteiger partial charge in [-0.05, 0) is 44.6 Å². The Kier molecular flexibility index (Phi) is 8.95. The lowest BCUT2D eigenvalue weighted by molar-refractivity contribution is 0.0925. The van der Waals surface area contributed by atoms with Crippen molar-refractivity contribution < 1.29 is 4.74 Å². The van der Waals surface area contributed by atoms with E-state index in [-0.39, 0.29) is 30.1 Å². The number of rotatable bonds is 6. The van der Waals surface area contributed by atoms with E-state index in [4.69, 9.17) is 14.7 Å². The van der Waals surface area contributed by atoms with Gasteiger partial charge < -0.3 is 15.0 Å². The summed E-state index contributed by atoms with van der Waals surface area (Å²) in [6, 6.07) is 10.6. The van der Waals surface area contributed by atoms with Crippen molar-refractivity contribution in [3.8, 4) is 0 Å². The Labute approximate surface area is 201 Å². The Morgan fingerprint density at radius 1 is 1.27 bits per heavy atom. The number of nitrogens with zero attached hydrogens (tertiary/aromatic N) is 3. The standard InChI is InChI=1S/C23H32N4OS.HI/c1-3-24-23(27(2)16-21-26-19-11-7-8-12-20(19)29-21)25-15-18-13-14-28-22(18)17-9-5-4-6-10-17;/h4-6,9-10,18,22H,3,7-8,11-16H2,1-2H3,(H,24,25);1H. The van der Waals surface area contributed by atoms with E-state index in [0.29, 0.717) is 5.92 Å². The van der Waals surface area contributed by atoms with Gasteiger partial charge in [0.2, 0.25) is 0 Å². The van der Waals surface area contributed by atoms with Gasteiger partial charge in [0.1, 0.15) is 5.01 Å². The van der Waals surface area contributed by atoms with Gasteiger partial charge >= 0.3 is 0 Å². The summed E-state index contributed by atoms with van der Waals surface area (Å²) in [7, 11) is 2.11. The van der Waals surface area contributed by atoms with Crippen molar-refractivity contribution in [3.05, 3.63) is 51.5 Å². The lowest BCUT2D eigenvalue weighted by Crippen LogP contribution is -2.39. The number of thiazole rings is 1. The average molecular weight is 541 g/mol. The molecule has 7 heteroatoms. The van der Waals surface area contributed by atoms with E-state index in [0.717, 1.165) is 45.0 Å². The topological polar surface area (TPSA) is 49.8 Å². The van der Waals surface area contributed by atoms with Crippen LogP contribution in [0.25, 0.3) is 0 Å². The van der Waals surface area contributed by atoms with Crippen LogP contribution in [0.3, 0.4) is 0 Å². The molecule has 1 aliphatic carbocycles. The number of aliphatic imine (C=N–C) groups is 1. The third kappa shape index (κ3) is 5.73. The number of guanidine groups is 1. The van der Waals surface area contributed by atoms with E-state index >= 15 is 0 Å². The molecule has 2 atom stereocenters. The molecule has 1 saturated heterocycles. The molecule has 0 amide bonds. The molecule has 1 aliphatic heterocycles. The summed E-state index contributed by atoms with van der Waals surface area (Å²) in [5.41, 5.74) is 2.59. The van der Waals surface area contributed by atoms with Gasteiger partial charge in [0.25, 0.3) is 0 Å². The Morgan fingerprint density at radius 3 is 2.83 bits per heavy atom. The number of nitrogens with one attached hydrogen (secondary N) is 1. The van der Waals surface area contributed by atoms with Crippen molar-refractivity contribution in [1.82, 2.24) is 15.2 Å². The highest BCUT2D eigenvalue weighted by molar-refractivity contribution is 14.0. The van der Waals surface area contributed by atoms with Crippen molar-refractivity contribution in [2.45, 2.75) is 51.7 Å². The molecule has 0 saturated carbocycles. The summed E-state index contributed by atoms with van der Waals surface area (Å²) in [5.74, 6) is 1.38. The second-order valence-corrected chi connectivity index (χ2v) is 9.15. The minimum atomic E-state index is 0. The first-order valence-corrected chi connectivity index (χ1v) is 11.7. The summed E-state index contributed by atoms with van der Waals surface area (Å²) >= 11 is 1.88. The summed E-state index contributed by atoms with van der Waals surface area (Å²) < 4.78 is 6.03. The zero-order valence-corrected chi connectivity index (χ0v) is 21.1. The molecular formula is C23H33IN4OS. The molecule has 2 heterocycles. The van der Waals surface area contributed by atoms with Crippen molar-refractivity contribution in [2.75, 3.05) is 26.7 Å². The predicted octanol–water partition coefficient (Wildman–Crippen LogP) is 4.82. The predicted molar refractivity (Wildman–Crippen MR) is 135 cm³/mol. The first kappa shape index (κ1) is 23.5. The van der Waals surface area contributed by atoms with E-state index in [1.807, 2.05) is 11.3 Å². The zero-order chi connectivity index (χ0) is 20.1. The highest BCUT2D eigenvalue weighted by Gasteiger charge is 2.29. The number of fused-ring (bicyclic) bond motifs is 1. The number of aryl methyl sites for hydroxylation is 2. The van der Waals surface area contributed by atoms with Crippen LogP contribution < -0.4 is 5.32 Å². The molecule has 2 aromatic rings. The van der Waals surface area contributed by atoms with E-state index in [1.165, 1.54) is 40.4 Å². The molecule has 2 unspecified atom stereocenters. The number of hydrogen-bond donors (Lipinski definition) is 1. The van der Waals surface area contributed by atoms with Crippen molar-refractivity contribution in [3.63, 3.8) is 0 Å². The summed E-state index contributed by atoms with van der Waals surface area (Å²) in [4.78, 5) is 13.6. The summed E-state index contributed by atoms with van der Waals surface area (Å²) in [6.45, 7) is 5.39. The summed E-state index contributed by atoms with van der Waals surface area (Å²) in [6.07, 6.45) is 6.15. The van der Waals surface area contributed by atoms with Gasteiger partial charge in [-0.15, -0.1) is 35.3 Å². The SMILES string of the molecule is CCNC(=NCC1CCOC1c1ccccc1)N(C)Cc1nc2c(s1)CCCC2.I. The van der Waals surface area contributed by atoms with Gasteiger partial charge in [-0.3, -0.25) is 4.99 Å². The fourth-order valence-electron chi connectivity index (χ4n) is 4.26. The Hall–Kier alpha value is -1.19. The molecule has 164 valence electrons. The van der Waals surface area contributed by atoms with Crippen LogP contribution in [0.1, 0.15) is 53.4 Å². The lowest BCUT2D eigenvalue weighted by atomic mass is 9.95. The molecular weight excluding hydrogens is 507 g/mol. The molecule has 0 spiro atoms. The molecule has 0 radical (unpaired) electrons. The van der Waals surface area contributed by atoms with Crippen LogP contribution in [0, 0.1) is 5.92 Å². The summed E-state index contributed by atoms with van der Waals surface area (Å²) in [5, 5.41) is 4.66. The molecule has 5 nitrogen and oxygen atoms in total. The number of aromatic nitrogens is 1. The third-order valence-electron chi connectivity index (χ3n) is 5.78. The second-order valence-electron chi connectivity index (χ2n) is 7.99. The monoisotopic (exact) mass is 540 g/mol. The normalized spacial score (nSPS) is 21.1. The molecule has 1 aromatic heterocycles. The molecule has 1 N–H and O–H groups in total. The van der Waals surface area contributed by atoms with Crippen LogP contribution in [0.5, 0.6) is 0 Å². The van der Waals surface area contributed by atoms with Crippen LogP contribution in [0.4, 0.5) is 0 Å². The minimum absolute atomic E-state index is 0. The fraction of sp³-hybridized carbons (Fsp3) is 0.565. The van der Waals surface area contributed by atoms with Crippen LogP contribution in [-0.2, 0) is 24.1 Å². The van der Waals surface area contributed by atoms with E-state index < -0.39 is 0 Å². The molecule has 4 rings (SSSR count). The van der Waals surface area contributed by atoms with Gasteiger partial charge in [0.05, 0.1) is 18.3 Å². The van der Waals surface area contributed by atoms with Crippen molar-refractivity contribution in [1.29, 1.82) is 0 Å². The Balaban J connectivity index is 0.00000256. The quantitative estimate of drug-likeness (QED) is 0.325. The van der Waals surface area contributed by atoms with Gasteiger partial charge in [0.15, 0.2) is 5.96 Å². The number of halogens is 1. The van der Waals surface area contributed by atoms with Crippen molar-refractivity contribution in [2.24, 2.45) is 10.9 Å². The largest absolute Gasteiger partial charge is 0.373 e. The maximum Gasteiger partial charge on any atom is 0.194 e. The molecule has 1 aromatic carbocycles. The maximum atomic E-state index is 6.03. The number of hydrogen-bond acceptors (Lipinski definition) is 4. The third-order valence-corrected chi connectivity index (χ3v) is 6.92. The van der Waals surface area contributed by atoms with Gasteiger partial charge in [-0.1, -0.05) is 30.3 Å². The molecule has 2 aliphatic rings. The van der Waals surface area contributed by atoms with Crippen molar-refractivity contribution >= 4 is 41.3 Å². The van der Waals surface area contributed by atoms with Crippen LogP contribution in [0.15, 0.2) is 35.3 Å². The molecule has 30 heavy (non-hydrogen) atoms. The highest BCUT2D eigenvalue weighted by atomic mass is 127. The van der Waals surface area contributed by atoms with Crippen LogP contribution >= 0.6 is 35.3 Å². The minimum Gasteiger partial charge on any atom is -0.373 e. The van der Waals surface area contributed by atoms with Gasteiger partial charge in [-0.2, -0.15) is 0 Å². The van der Waals surface area contributed by atoms with Gasteiger partial charge in [-0.25, -0.2) is 4.98 Å². The number of ether oxygens (including phenoxy) is 1. The average Bonchev–Trinajstić information content (AvgIpc) is 3.37. The number of benzene rings is 1. The highest BCUT2D eigenvalue weighted by Crippen LogP contribution is 2.34. The first-order valence-electron chi connectivity index (χ1n) is 10.9. The zero-order valence-electron chi connectivity index (χ0n) is 18.0.